The Bertz CT molecular complexity index is 485. The molecule has 0 radical (unpaired) electrons. The topological polar surface area (TPSA) is 24.9 Å². The van der Waals surface area contributed by atoms with Gasteiger partial charge in [-0.25, -0.2) is 4.98 Å². The molecule has 90 valence electrons. The minimum Gasteiger partial charge on any atom is -0.314 e. The van der Waals surface area contributed by atoms with Crippen LogP contribution in [-0.2, 0) is 13.0 Å². The fraction of sp³-hybridized carbons (Fsp3) is 0.357. The Morgan fingerprint density at radius 2 is 1.94 bits per heavy atom. The van der Waals surface area contributed by atoms with Gasteiger partial charge in [-0.3, -0.25) is 0 Å². The minimum absolute atomic E-state index is 0.846. The molecule has 2 aromatic rings. The number of aryl methyl sites for hydroxylation is 2. The lowest BCUT2D eigenvalue weighted by molar-refractivity contribution is 0.807. The van der Waals surface area contributed by atoms with Crippen molar-refractivity contribution in [2.75, 3.05) is 7.05 Å². The third-order valence-electron chi connectivity index (χ3n) is 2.79. The molecule has 1 heterocycles. The molecule has 1 aromatic carbocycles. The molecule has 1 N–H and O–H groups in total. The second-order valence-corrected chi connectivity index (χ2v) is 5.19. The van der Waals surface area contributed by atoms with E-state index in [1.165, 1.54) is 16.0 Å². The predicted molar refractivity (Wildman–Crippen MR) is 74.4 cm³/mol. The van der Waals surface area contributed by atoms with Gasteiger partial charge in [0.2, 0.25) is 0 Å². The number of thiazole rings is 1. The lowest BCUT2D eigenvalue weighted by Gasteiger charge is -2.00. The van der Waals surface area contributed by atoms with Crippen LogP contribution in [0.25, 0.3) is 10.4 Å². The van der Waals surface area contributed by atoms with Crippen LogP contribution in [0.5, 0.6) is 0 Å². The molecule has 0 aliphatic heterocycles. The Morgan fingerprint density at radius 3 is 2.53 bits per heavy atom. The monoisotopic (exact) mass is 246 g/mol. The van der Waals surface area contributed by atoms with Gasteiger partial charge < -0.3 is 5.32 Å². The van der Waals surface area contributed by atoms with Crippen molar-refractivity contribution in [3.8, 4) is 10.4 Å². The molecule has 0 aliphatic carbocycles. The van der Waals surface area contributed by atoms with Crippen molar-refractivity contribution in [3.05, 3.63) is 40.5 Å². The number of benzene rings is 1. The van der Waals surface area contributed by atoms with Gasteiger partial charge in [-0.1, -0.05) is 31.2 Å². The van der Waals surface area contributed by atoms with Gasteiger partial charge in [-0.05, 0) is 31.5 Å². The summed E-state index contributed by atoms with van der Waals surface area (Å²) in [6.07, 6.45) is 1.09. The standard InChI is InChI=1S/C14H18N2S/c1-4-11-5-7-12(8-6-11)14-10(2)16-13(17-14)9-15-3/h5-8,15H,4,9H2,1-3H3. The molecule has 3 heteroatoms. The molecule has 0 aliphatic rings. The van der Waals surface area contributed by atoms with Gasteiger partial charge in [0.25, 0.3) is 0 Å². The normalized spacial score (nSPS) is 10.8. The molecule has 0 unspecified atom stereocenters. The number of rotatable bonds is 4. The summed E-state index contributed by atoms with van der Waals surface area (Å²) in [7, 11) is 1.95. The Kier molecular flexibility index (Phi) is 3.92. The van der Waals surface area contributed by atoms with Crippen LogP contribution in [0.3, 0.4) is 0 Å². The summed E-state index contributed by atoms with van der Waals surface area (Å²) in [5.41, 5.74) is 3.79. The maximum Gasteiger partial charge on any atom is 0.107 e. The molecular formula is C14H18N2S. The van der Waals surface area contributed by atoms with Crippen LogP contribution in [0.15, 0.2) is 24.3 Å². The lowest BCUT2D eigenvalue weighted by Crippen LogP contribution is -2.04. The maximum atomic E-state index is 4.58. The van der Waals surface area contributed by atoms with Crippen LogP contribution in [-0.4, -0.2) is 12.0 Å². The molecule has 0 saturated heterocycles. The second-order valence-electron chi connectivity index (χ2n) is 4.10. The highest BCUT2D eigenvalue weighted by Crippen LogP contribution is 2.30. The van der Waals surface area contributed by atoms with Gasteiger partial charge in [0.05, 0.1) is 10.6 Å². The Morgan fingerprint density at radius 1 is 1.24 bits per heavy atom. The smallest absolute Gasteiger partial charge is 0.107 e. The van der Waals surface area contributed by atoms with Gasteiger partial charge in [-0.15, -0.1) is 11.3 Å². The third-order valence-corrected chi connectivity index (χ3v) is 4.00. The first-order valence-corrected chi connectivity index (χ1v) is 6.76. The van der Waals surface area contributed by atoms with Gasteiger partial charge in [0, 0.05) is 6.54 Å². The highest BCUT2D eigenvalue weighted by Gasteiger charge is 2.08. The van der Waals surface area contributed by atoms with Crippen LogP contribution in [0.2, 0.25) is 0 Å². The zero-order valence-electron chi connectivity index (χ0n) is 10.6. The van der Waals surface area contributed by atoms with Gasteiger partial charge >= 0.3 is 0 Å². The molecule has 0 fully saturated rings. The summed E-state index contributed by atoms with van der Waals surface area (Å²) in [5, 5.41) is 4.29. The van der Waals surface area contributed by atoms with Crippen molar-refractivity contribution < 1.29 is 0 Å². The van der Waals surface area contributed by atoms with Gasteiger partial charge in [0.1, 0.15) is 5.01 Å². The highest BCUT2D eigenvalue weighted by atomic mass is 32.1. The van der Waals surface area contributed by atoms with Crippen molar-refractivity contribution in [1.29, 1.82) is 0 Å². The average Bonchev–Trinajstić information content (AvgIpc) is 2.71. The van der Waals surface area contributed by atoms with E-state index in [-0.39, 0.29) is 0 Å². The third kappa shape index (κ3) is 2.73. The Balaban J connectivity index is 2.31. The number of hydrogen-bond donors (Lipinski definition) is 1. The Hall–Kier alpha value is -1.19. The molecule has 0 bridgehead atoms. The molecule has 0 spiro atoms. The molecule has 2 nitrogen and oxygen atoms in total. The second kappa shape index (κ2) is 5.43. The lowest BCUT2D eigenvalue weighted by atomic mass is 10.1. The van der Waals surface area contributed by atoms with E-state index in [0.29, 0.717) is 0 Å². The van der Waals surface area contributed by atoms with E-state index in [4.69, 9.17) is 0 Å². The van der Waals surface area contributed by atoms with Crippen LogP contribution >= 0.6 is 11.3 Å². The van der Waals surface area contributed by atoms with Crippen molar-refractivity contribution in [2.45, 2.75) is 26.8 Å². The summed E-state index contributed by atoms with van der Waals surface area (Å²) >= 11 is 1.78. The van der Waals surface area contributed by atoms with Crippen LogP contribution in [0.1, 0.15) is 23.2 Å². The Labute approximate surface area is 107 Å². The van der Waals surface area contributed by atoms with Gasteiger partial charge in [-0.2, -0.15) is 0 Å². The van der Waals surface area contributed by atoms with Gasteiger partial charge in [0.15, 0.2) is 0 Å². The van der Waals surface area contributed by atoms with E-state index in [1.807, 2.05) is 7.05 Å². The molecule has 0 amide bonds. The SMILES string of the molecule is CCc1ccc(-c2sc(CNC)nc2C)cc1. The summed E-state index contributed by atoms with van der Waals surface area (Å²) in [6.45, 7) is 5.11. The highest BCUT2D eigenvalue weighted by molar-refractivity contribution is 7.15. The van der Waals surface area contributed by atoms with Crippen LogP contribution < -0.4 is 5.32 Å². The number of nitrogens with one attached hydrogen (secondary N) is 1. The van der Waals surface area contributed by atoms with E-state index in [2.05, 4.69) is 48.4 Å². The average molecular weight is 246 g/mol. The largest absolute Gasteiger partial charge is 0.314 e. The fourth-order valence-corrected chi connectivity index (χ4v) is 2.92. The number of aromatic nitrogens is 1. The zero-order chi connectivity index (χ0) is 12.3. The first-order valence-electron chi connectivity index (χ1n) is 5.94. The first-order chi connectivity index (χ1) is 8.24. The van der Waals surface area contributed by atoms with E-state index in [9.17, 15) is 0 Å². The van der Waals surface area contributed by atoms with E-state index in [1.54, 1.807) is 11.3 Å². The van der Waals surface area contributed by atoms with E-state index in [0.717, 1.165) is 23.7 Å². The fourth-order valence-electron chi connectivity index (χ4n) is 1.84. The molecule has 2 rings (SSSR count). The van der Waals surface area contributed by atoms with Crippen molar-refractivity contribution in [3.63, 3.8) is 0 Å². The summed E-state index contributed by atoms with van der Waals surface area (Å²) in [5.74, 6) is 0. The van der Waals surface area contributed by atoms with Crippen molar-refractivity contribution in [1.82, 2.24) is 10.3 Å². The molecule has 0 atom stereocenters. The minimum atomic E-state index is 0.846. The first kappa shape index (κ1) is 12.3. The van der Waals surface area contributed by atoms with Crippen molar-refractivity contribution >= 4 is 11.3 Å². The van der Waals surface area contributed by atoms with Crippen LogP contribution in [0, 0.1) is 6.92 Å². The molecular weight excluding hydrogens is 228 g/mol. The van der Waals surface area contributed by atoms with Crippen LogP contribution in [0.4, 0.5) is 0 Å². The maximum absolute atomic E-state index is 4.58. The van der Waals surface area contributed by atoms with E-state index < -0.39 is 0 Å². The summed E-state index contributed by atoms with van der Waals surface area (Å²) in [4.78, 5) is 5.87. The summed E-state index contributed by atoms with van der Waals surface area (Å²) in [6, 6.07) is 8.80. The summed E-state index contributed by atoms with van der Waals surface area (Å²) < 4.78 is 0. The quantitative estimate of drug-likeness (QED) is 0.894. The number of hydrogen-bond acceptors (Lipinski definition) is 3. The molecule has 0 saturated carbocycles. The molecule has 1 aromatic heterocycles. The zero-order valence-corrected chi connectivity index (χ0v) is 11.4. The molecule has 17 heavy (non-hydrogen) atoms. The predicted octanol–water partition coefficient (Wildman–Crippen LogP) is 3.40. The van der Waals surface area contributed by atoms with E-state index >= 15 is 0 Å². The van der Waals surface area contributed by atoms with Crippen molar-refractivity contribution in [2.24, 2.45) is 0 Å². The number of nitrogens with zero attached hydrogens (tertiary/aromatic N) is 1.